The number of carbonyl (C=O) groups excluding carboxylic acids is 1. The first kappa shape index (κ1) is 29.0. The number of amides is 1. The Morgan fingerprint density at radius 1 is 1.32 bits per heavy atom. The molecule has 1 saturated carbocycles. The number of thiophene rings is 1. The van der Waals surface area contributed by atoms with E-state index in [0.717, 1.165) is 14.8 Å². The molecule has 1 aliphatic rings. The van der Waals surface area contributed by atoms with Crippen LogP contribution in [-0.2, 0) is 21.2 Å². The van der Waals surface area contributed by atoms with E-state index < -0.39 is 34.2 Å². The van der Waals surface area contributed by atoms with Gasteiger partial charge in [-0.2, -0.15) is 0 Å². The van der Waals surface area contributed by atoms with E-state index in [1.54, 1.807) is 17.4 Å². The van der Waals surface area contributed by atoms with Crippen LogP contribution >= 0.6 is 22.9 Å². The van der Waals surface area contributed by atoms with Crippen molar-refractivity contribution in [1.82, 2.24) is 4.72 Å². The van der Waals surface area contributed by atoms with Gasteiger partial charge in [-0.25, -0.2) is 8.42 Å². The molecule has 1 aromatic heterocycles. The van der Waals surface area contributed by atoms with E-state index in [9.17, 15) is 28.5 Å². The van der Waals surface area contributed by atoms with Crippen molar-refractivity contribution < 1.29 is 28.5 Å². The fourth-order valence-electron chi connectivity index (χ4n) is 4.04. The Labute approximate surface area is 211 Å². The summed E-state index contributed by atoms with van der Waals surface area (Å²) in [4.78, 5) is 13.8. The van der Waals surface area contributed by atoms with Crippen LogP contribution in [0.1, 0.15) is 55.2 Å². The van der Waals surface area contributed by atoms with Gasteiger partial charge >= 0.3 is 0 Å². The van der Waals surface area contributed by atoms with Gasteiger partial charge in [-0.15, -0.1) is 11.3 Å². The lowest BCUT2D eigenvalue weighted by atomic mass is 9.89. The lowest BCUT2D eigenvalue weighted by Gasteiger charge is -2.19. The smallest absolute Gasteiger partial charge is 0.234 e. The van der Waals surface area contributed by atoms with E-state index in [4.69, 9.17) is 11.6 Å². The summed E-state index contributed by atoms with van der Waals surface area (Å²) in [6, 6.07) is 1.93. The zero-order valence-corrected chi connectivity index (χ0v) is 22.1. The number of hydrogen-bond donors (Lipinski definition) is 4. The molecule has 1 aromatic rings. The van der Waals surface area contributed by atoms with Gasteiger partial charge in [0.25, 0.3) is 0 Å². The summed E-state index contributed by atoms with van der Waals surface area (Å²) in [6.45, 7) is 3.43. The summed E-state index contributed by atoms with van der Waals surface area (Å²) in [5.74, 6) is -1.06. The third-order valence-corrected chi connectivity index (χ3v) is 8.98. The first-order valence-electron chi connectivity index (χ1n) is 11.7. The normalized spacial score (nSPS) is 24.3. The van der Waals surface area contributed by atoms with Gasteiger partial charge in [0, 0.05) is 28.5 Å². The van der Waals surface area contributed by atoms with Gasteiger partial charge in [0.1, 0.15) is 0 Å². The molecule has 0 saturated heterocycles. The maximum atomic E-state index is 11.6. The van der Waals surface area contributed by atoms with Crippen LogP contribution in [0.2, 0.25) is 5.02 Å². The highest BCUT2D eigenvalue weighted by molar-refractivity contribution is 7.90. The van der Waals surface area contributed by atoms with Crippen LogP contribution in [0.4, 0.5) is 0 Å². The molecule has 7 nitrogen and oxygen atoms in total. The van der Waals surface area contributed by atoms with Crippen LogP contribution in [0.3, 0.4) is 0 Å². The van der Waals surface area contributed by atoms with Gasteiger partial charge in [-0.05, 0) is 57.9 Å². The monoisotopic (exact) mass is 533 g/mol. The summed E-state index contributed by atoms with van der Waals surface area (Å²) in [7, 11) is -3.52. The fourth-order valence-corrected chi connectivity index (χ4v) is 5.89. The molecule has 34 heavy (non-hydrogen) atoms. The van der Waals surface area contributed by atoms with Gasteiger partial charge in [-0.3, -0.25) is 9.52 Å². The van der Waals surface area contributed by atoms with E-state index in [-0.39, 0.29) is 24.0 Å². The molecular weight excluding hydrogens is 498 g/mol. The minimum atomic E-state index is -3.52. The highest BCUT2D eigenvalue weighted by Gasteiger charge is 2.39. The minimum Gasteiger partial charge on any atom is -0.393 e. The molecule has 0 radical (unpaired) electrons. The Morgan fingerprint density at radius 3 is 2.71 bits per heavy atom. The molecule has 1 fully saturated rings. The van der Waals surface area contributed by atoms with Gasteiger partial charge in [-0.1, -0.05) is 35.9 Å². The second-order valence-corrected chi connectivity index (χ2v) is 12.5. The summed E-state index contributed by atoms with van der Waals surface area (Å²) in [6.07, 6.45) is 8.77. The van der Waals surface area contributed by atoms with Crippen molar-refractivity contribution in [1.29, 1.82) is 0 Å². The summed E-state index contributed by atoms with van der Waals surface area (Å²) >= 11 is 7.71. The van der Waals surface area contributed by atoms with Crippen LogP contribution in [-0.4, -0.2) is 53.7 Å². The molecule has 1 amide bonds. The van der Waals surface area contributed by atoms with Crippen LogP contribution in [0.5, 0.6) is 0 Å². The summed E-state index contributed by atoms with van der Waals surface area (Å²) < 4.78 is 24.8. The average Bonchev–Trinajstić information content (AvgIpc) is 3.23. The SMILES string of the molecule is CCS(=O)(=O)NC(=O)CCCC=CC[C@@H]1[C@@H](C=C[C@@H](O)CCc2cc(Cl)c(C)s2)[C@H](O)C[C@@H]1O. The Hall–Kier alpha value is -1.23. The predicted octanol–water partition coefficient (Wildman–Crippen LogP) is 3.50. The molecule has 0 aliphatic heterocycles. The highest BCUT2D eigenvalue weighted by atomic mass is 35.5. The number of aryl methyl sites for hydroxylation is 2. The maximum Gasteiger partial charge on any atom is 0.234 e. The third-order valence-electron chi connectivity index (χ3n) is 6.07. The molecule has 0 unspecified atom stereocenters. The Kier molecular flexibility index (Phi) is 11.7. The number of allylic oxidation sites excluding steroid dienone is 2. The van der Waals surface area contributed by atoms with Gasteiger partial charge in [0.05, 0.1) is 29.1 Å². The third kappa shape index (κ3) is 9.43. The number of unbranched alkanes of at least 4 members (excludes halogenated alkanes) is 1. The second kappa shape index (κ2) is 13.8. The number of nitrogens with one attached hydrogen (secondary N) is 1. The first-order chi connectivity index (χ1) is 16.0. The van der Waals surface area contributed by atoms with Crippen molar-refractivity contribution in [3.63, 3.8) is 0 Å². The largest absolute Gasteiger partial charge is 0.393 e. The quantitative estimate of drug-likeness (QED) is 0.227. The lowest BCUT2D eigenvalue weighted by Crippen LogP contribution is -2.31. The van der Waals surface area contributed by atoms with Crippen LogP contribution in [0.25, 0.3) is 0 Å². The van der Waals surface area contributed by atoms with Crippen molar-refractivity contribution >= 4 is 38.9 Å². The zero-order chi connectivity index (χ0) is 25.3. The van der Waals surface area contributed by atoms with Crippen molar-refractivity contribution in [3.05, 3.63) is 45.1 Å². The van der Waals surface area contributed by atoms with E-state index in [1.165, 1.54) is 6.92 Å². The summed E-state index contributed by atoms with van der Waals surface area (Å²) in [5, 5.41) is 31.8. The molecule has 192 valence electrons. The molecule has 0 spiro atoms. The highest BCUT2D eigenvalue weighted by Crippen LogP contribution is 2.36. The number of halogens is 1. The zero-order valence-electron chi connectivity index (χ0n) is 19.7. The molecule has 1 aliphatic carbocycles. The van der Waals surface area contributed by atoms with Crippen molar-refractivity contribution in [2.45, 2.75) is 77.1 Å². The standard InChI is InChI=1S/C24H36ClNO6S2/c1-3-34(31,32)26-24(30)9-7-5-4-6-8-19-20(23(29)15-22(19)28)13-11-17(27)10-12-18-14-21(25)16(2)33-18/h4,6,11,13-14,17,19-20,22-23,27-29H,3,5,7-10,12,15H2,1-2H3,(H,26,30)/t17-,19+,20+,22-,23+/m0/s1. The van der Waals surface area contributed by atoms with Gasteiger partial charge in [0.2, 0.25) is 15.9 Å². The molecular formula is C24H36ClNO6S2. The molecule has 1 heterocycles. The maximum absolute atomic E-state index is 11.6. The molecule has 4 N–H and O–H groups in total. The molecule has 5 atom stereocenters. The van der Waals surface area contributed by atoms with Crippen molar-refractivity contribution in [2.24, 2.45) is 11.8 Å². The van der Waals surface area contributed by atoms with Crippen molar-refractivity contribution in [2.75, 3.05) is 5.75 Å². The number of aliphatic hydroxyl groups excluding tert-OH is 3. The van der Waals surface area contributed by atoms with E-state index in [0.29, 0.717) is 38.5 Å². The Balaban J connectivity index is 1.78. The Morgan fingerprint density at radius 2 is 2.06 bits per heavy atom. The number of carbonyl (C=O) groups is 1. The van der Waals surface area contributed by atoms with Crippen molar-refractivity contribution in [3.8, 4) is 0 Å². The first-order valence-corrected chi connectivity index (χ1v) is 14.5. The molecule has 10 heteroatoms. The van der Waals surface area contributed by atoms with Gasteiger partial charge in [0.15, 0.2) is 0 Å². The number of aliphatic hydroxyl groups is 3. The summed E-state index contributed by atoms with van der Waals surface area (Å²) in [5.41, 5.74) is 0. The minimum absolute atomic E-state index is 0.120. The Bertz CT molecular complexity index is 939. The van der Waals surface area contributed by atoms with Gasteiger partial charge < -0.3 is 15.3 Å². The van der Waals surface area contributed by atoms with Crippen LogP contribution in [0.15, 0.2) is 30.4 Å². The predicted molar refractivity (Wildman–Crippen MR) is 136 cm³/mol. The molecule has 2 rings (SSSR count). The number of rotatable bonds is 13. The van der Waals surface area contributed by atoms with E-state index in [1.807, 2.05) is 35.9 Å². The lowest BCUT2D eigenvalue weighted by molar-refractivity contribution is -0.119. The average molecular weight is 534 g/mol. The molecule has 0 aromatic carbocycles. The number of hydrogen-bond acceptors (Lipinski definition) is 7. The van der Waals surface area contributed by atoms with E-state index in [2.05, 4.69) is 0 Å². The second-order valence-electron chi connectivity index (χ2n) is 8.75. The fraction of sp³-hybridized carbons (Fsp3) is 0.625. The van der Waals surface area contributed by atoms with E-state index >= 15 is 0 Å². The van der Waals surface area contributed by atoms with Crippen LogP contribution in [0, 0.1) is 18.8 Å². The molecule has 0 bridgehead atoms. The topological polar surface area (TPSA) is 124 Å². The van der Waals surface area contributed by atoms with Crippen LogP contribution < -0.4 is 4.72 Å². The number of sulfonamides is 1.